The highest BCUT2D eigenvalue weighted by molar-refractivity contribution is 5.81. The zero-order valence-corrected chi connectivity index (χ0v) is 11.8. The molecule has 7 heteroatoms. The number of aromatic nitrogens is 2. The Labute approximate surface area is 122 Å². The molecule has 1 aromatic carbocycles. The third-order valence-corrected chi connectivity index (χ3v) is 3.59. The second-order valence-corrected chi connectivity index (χ2v) is 5.25. The Morgan fingerprint density at radius 3 is 2.52 bits per heavy atom. The fourth-order valence-electron chi connectivity index (χ4n) is 2.00. The maximum absolute atomic E-state index is 11.2. The highest BCUT2D eigenvalue weighted by Crippen LogP contribution is 2.32. The van der Waals surface area contributed by atoms with Gasteiger partial charge in [0.1, 0.15) is 0 Å². The van der Waals surface area contributed by atoms with Crippen molar-refractivity contribution in [1.82, 2.24) is 9.78 Å². The topological polar surface area (TPSA) is 95.9 Å². The van der Waals surface area contributed by atoms with Gasteiger partial charge >= 0.3 is 0 Å². The molecule has 0 saturated heterocycles. The van der Waals surface area contributed by atoms with Crippen molar-refractivity contribution in [3.63, 3.8) is 0 Å². The summed E-state index contributed by atoms with van der Waals surface area (Å²) in [6, 6.07) is 5.35. The molecule has 0 amide bonds. The summed E-state index contributed by atoms with van der Waals surface area (Å²) in [5, 5.41) is 5.69. The minimum Gasteiger partial charge on any atom is -0.399 e. The lowest BCUT2D eigenvalue weighted by molar-refractivity contribution is 0.119. The average molecular weight is 297 g/mol. The summed E-state index contributed by atoms with van der Waals surface area (Å²) < 4.78 is 24.5. The van der Waals surface area contributed by atoms with Crippen LogP contribution >= 0.6 is 0 Å². The molecular weight excluding hydrogens is 276 g/mol. The van der Waals surface area contributed by atoms with Gasteiger partial charge in [-0.05, 0) is 37.5 Å². The highest BCUT2D eigenvalue weighted by Gasteiger charge is 2.20. The average Bonchev–Trinajstić information content (AvgIpc) is 2.78. The van der Waals surface area contributed by atoms with Crippen molar-refractivity contribution >= 4 is 16.6 Å². The van der Waals surface area contributed by atoms with E-state index in [4.69, 9.17) is 17.2 Å². The fraction of sp³-hybridized carbons (Fsp3) is 0.500. The van der Waals surface area contributed by atoms with Gasteiger partial charge in [-0.3, -0.25) is 4.68 Å². The van der Waals surface area contributed by atoms with Crippen molar-refractivity contribution in [2.24, 2.45) is 11.5 Å². The number of fused-ring (bicyclic) bond motifs is 1. The molecule has 3 rings (SSSR count). The van der Waals surface area contributed by atoms with Gasteiger partial charge in [-0.2, -0.15) is 5.10 Å². The molecule has 1 aliphatic carbocycles. The Morgan fingerprint density at radius 2 is 2.05 bits per heavy atom. The SMILES string of the molecule is NCC(N)C(F)F.Nc1ccc2nn(C3CCC3)cc2c1. The second kappa shape index (κ2) is 6.82. The van der Waals surface area contributed by atoms with E-state index in [1.165, 1.54) is 19.3 Å². The highest BCUT2D eigenvalue weighted by atomic mass is 19.3. The summed E-state index contributed by atoms with van der Waals surface area (Å²) in [6.07, 6.45) is 3.50. The number of hydrogen-bond acceptors (Lipinski definition) is 4. The Kier molecular flexibility index (Phi) is 5.08. The predicted octanol–water partition coefficient (Wildman–Crippen LogP) is 1.88. The smallest absolute Gasteiger partial charge is 0.254 e. The van der Waals surface area contributed by atoms with E-state index in [1.54, 1.807) is 0 Å². The van der Waals surface area contributed by atoms with Crippen molar-refractivity contribution in [2.75, 3.05) is 12.3 Å². The molecule has 21 heavy (non-hydrogen) atoms. The normalized spacial score (nSPS) is 16.4. The van der Waals surface area contributed by atoms with Crippen LogP contribution in [0, 0.1) is 0 Å². The van der Waals surface area contributed by atoms with Crippen LogP contribution in [0.15, 0.2) is 24.4 Å². The van der Waals surface area contributed by atoms with Gasteiger partial charge in [0.05, 0.1) is 17.6 Å². The third-order valence-electron chi connectivity index (χ3n) is 3.59. The van der Waals surface area contributed by atoms with E-state index in [0.717, 1.165) is 16.6 Å². The second-order valence-electron chi connectivity index (χ2n) is 5.25. The number of benzene rings is 1. The summed E-state index contributed by atoms with van der Waals surface area (Å²) >= 11 is 0. The van der Waals surface area contributed by atoms with Crippen LogP contribution in [0.5, 0.6) is 0 Å². The van der Waals surface area contributed by atoms with Gasteiger partial charge in [0.15, 0.2) is 0 Å². The number of nitrogens with zero attached hydrogens (tertiary/aromatic N) is 2. The first kappa shape index (κ1) is 15.7. The molecule has 1 atom stereocenters. The van der Waals surface area contributed by atoms with Gasteiger partial charge in [-0.25, -0.2) is 8.78 Å². The van der Waals surface area contributed by atoms with Crippen molar-refractivity contribution in [3.8, 4) is 0 Å². The summed E-state index contributed by atoms with van der Waals surface area (Å²) in [5.41, 5.74) is 17.1. The maximum atomic E-state index is 11.2. The van der Waals surface area contributed by atoms with Crippen LogP contribution < -0.4 is 17.2 Å². The molecule has 1 fully saturated rings. The van der Waals surface area contributed by atoms with E-state index in [9.17, 15) is 8.78 Å². The molecule has 0 aliphatic heterocycles. The monoisotopic (exact) mass is 297 g/mol. The standard InChI is InChI=1S/C11H13N3.C3H8F2N2/c12-9-4-5-11-8(6-9)7-14(13-11)10-2-1-3-10;4-3(5)2(7)1-6/h4-7,10H,1-3,12H2;2-3H,1,6-7H2. The molecule has 6 N–H and O–H groups in total. The number of anilines is 1. The lowest BCUT2D eigenvalue weighted by atomic mass is 9.93. The summed E-state index contributed by atoms with van der Waals surface area (Å²) in [5.74, 6) is 0. The summed E-state index contributed by atoms with van der Waals surface area (Å²) in [4.78, 5) is 0. The van der Waals surface area contributed by atoms with Gasteiger partial charge < -0.3 is 17.2 Å². The first-order valence-corrected chi connectivity index (χ1v) is 6.99. The Morgan fingerprint density at radius 1 is 1.33 bits per heavy atom. The van der Waals surface area contributed by atoms with Crippen LogP contribution in [0.4, 0.5) is 14.5 Å². The number of hydrogen-bond donors (Lipinski definition) is 3. The lowest BCUT2D eigenvalue weighted by Gasteiger charge is -2.25. The number of nitrogen functional groups attached to an aromatic ring is 1. The fourth-order valence-corrected chi connectivity index (χ4v) is 2.00. The van der Waals surface area contributed by atoms with Crippen LogP contribution in [0.25, 0.3) is 10.9 Å². The molecule has 5 nitrogen and oxygen atoms in total. The number of nitrogens with two attached hydrogens (primary N) is 3. The molecular formula is C14H21F2N5. The van der Waals surface area contributed by atoms with Crippen LogP contribution in [-0.2, 0) is 0 Å². The van der Waals surface area contributed by atoms with E-state index in [0.29, 0.717) is 6.04 Å². The van der Waals surface area contributed by atoms with Crippen LogP contribution in [0.1, 0.15) is 25.3 Å². The van der Waals surface area contributed by atoms with E-state index in [2.05, 4.69) is 16.0 Å². The molecule has 1 heterocycles. The van der Waals surface area contributed by atoms with Gasteiger partial charge in [-0.15, -0.1) is 0 Å². The zero-order chi connectivity index (χ0) is 15.4. The van der Waals surface area contributed by atoms with Gasteiger partial charge in [0.2, 0.25) is 0 Å². The molecule has 1 unspecified atom stereocenters. The van der Waals surface area contributed by atoms with Crippen LogP contribution in [0.3, 0.4) is 0 Å². The first-order chi connectivity index (χ1) is 10.0. The van der Waals surface area contributed by atoms with Crippen molar-refractivity contribution in [3.05, 3.63) is 24.4 Å². The molecule has 2 aromatic rings. The van der Waals surface area contributed by atoms with Crippen LogP contribution in [0.2, 0.25) is 0 Å². The lowest BCUT2D eigenvalue weighted by Crippen LogP contribution is -2.36. The molecule has 116 valence electrons. The Hall–Kier alpha value is -1.73. The molecule has 1 saturated carbocycles. The Balaban J connectivity index is 0.000000199. The molecule has 0 bridgehead atoms. The molecule has 1 aliphatic rings. The summed E-state index contributed by atoms with van der Waals surface area (Å²) in [7, 11) is 0. The van der Waals surface area contributed by atoms with Gasteiger partial charge in [0.25, 0.3) is 6.43 Å². The van der Waals surface area contributed by atoms with E-state index < -0.39 is 12.5 Å². The number of alkyl halides is 2. The Bertz CT molecular complexity index is 580. The predicted molar refractivity (Wildman–Crippen MR) is 80.1 cm³/mol. The molecule has 1 aromatic heterocycles. The van der Waals surface area contributed by atoms with E-state index >= 15 is 0 Å². The quantitative estimate of drug-likeness (QED) is 0.754. The van der Waals surface area contributed by atoms with Crippen molar-refractivity contribution in [1.29, 1.82) is 0 Å². The largest absolute Gasteiger partial charge is 0.399 e. The minimum absolute atomic E-state index is 0.155. The maximum Gasteiger partial charge on any atom is 0.254 e. The molecule has 0 spiro atoms. The number of halogens is 2. The zero-order valence-electron chi connectivity index (χ0n) is 11.8. The van der Waals surface area contributed by atoms with Crippen molar-refractivity contribution in [2.45, 2.75) is 37.8 Å². The first-order valence-electron chi connectivity index (χ1n) is 6.99. The van der Waals surface area contributed by atoms with Crippen LogP contribution in [-0.4, -0.2) is 28.8 Å². The number of rotatable bonds is 3. The van der Waals surface area contributed by atoms with Gasteiger partial charge in [-0.1, -0.05) is 0 Å². The third kappa shape index (κ3) is 3.89. The van der Waals surface area contributed by atoms with E-state index in [1.807, 2.05) is 18.2 Å². The summed E-state index contributed by atoms with van der Waals surface area (Å²) in [6.45, 7) is -0.155. The minimum atomic E-state index is -2.48. The molecule has 0 radical (unpaired) electrons. The van der Waals surface area contributed by atoms with Gasteiger partial charge in [0, 0.05) is 23.8 Å². The van der Waals surface area contributed by atoms with Crippen molar-refractivity contribution < 1.29 is 8.78 Å². The van der Waals surface area contributed by atoms with E-state index in [-0.39, 0.29) is 6.54 Å².